The molecule has 32 heavy (non-hydrogen) atoms. The van der Waals surface area contributed by atoms with Crippen molar-refractivity contribution in [3.05, 3.63) is 65.2 Å². The molecule has 1 fully saturated rings. The first-order valence-electron chi connectivity index (χ1n) is 10.8. The molecule has 0 unspecified atom stereocenters. The number of benzene rings is 2. The normalized spacial score (nSPS) is 15.9. The van der Waals surface area contributed by atoms with Crippen LogP contribution in [0.1, 0.15) is 55.1 Å². The Hall–Kier alpha value is -2.71. The molecule has 2 N–H and O–H groups in total. The van der Waals surface area contributed by atoms with Crippen LogP contribution in [0.15, 0.2) is 53.4 Å². The SMILES string of the molecule is Cc1ccc(S(=O)(=O)N2CCC(C(=O)NNC(=O)c3ccc(C(C)(C)C)cc3)CC2)cc1. The van der Waals surface area contributed by atoms with Gasteiger partial charge in [0.2, 0.25) is 15.9 Å². The van der Waals surface area contributed by atoms with Crippen LogP contribution in [0.2, 0.25) is 0 Å². The van der Waals surface area contributed by atoms with Gasteiger partial charge in [0, 0.05) is 24.6 Å². The fourth-order valence-electron chi connectivity index (χ4n) is 3.63. The largest absolute Gasteiger partial charge is 0.273 e. The molecule has 8 heteroatoms. The number of hydrazine groups is 1. The number of nitrogens with zero attached hydrogens (tertiary/aromatic N) is 1. The van der Waals surface area contributed by atoms with E-state index in [1.165, 1.54) is 4.31 Å². The van der Waals surface area contributed by atoms with Crippen molar-refractivity contribution in [1.29, 1.82) is 0 Å². The third kappa shape index (κ3) is 5.55. The van der Waals surface area contributed by atoms with Crippen LogP contribution in [0.4, 0.5) is 0 Å². The smallest absolute Gasteiger partial charge is 0.269 e. The van der Waals surface area contributed by atoms with E-state index in [1.807, 2.05) is 19.1 Å². The van der Waals surface area contributed by atoms with Crippen molar-refractivity contribution in [2.75, 3.05) is 13.1 Å². The molecule has 0 radical (unpaired) electrons. The molecule has 0 aromatic heterocycles. The summed E-state index contributed by atoms with van der Waals surface area (Å²) in [7, 11) is -3.57. The lowest BCUT2D eigenvalue weighted by Gasteiger charge is -2.30. The van der Waals surface area contributed by atoms with E-state index in [9.17, 15) is 18.0 Å². The van der Waals surface area contributed by atoms with Crippen LogP contribution in [-0.2, 0) is 20.2 Å². The molecule has 0 bridgehead atoms. The molecule has 2 aromatic carbocycles. The molecule has 172 valence electrons. The van der Waals surface area contributed by atoms with E-state index in [4.69, 9.17) is 0 Å². The molecule has 1 aliphatic rings. The fraction of sp³-hybridized carbons (Fsp3) is 0.417. The minimum atomic E-state index is -3.57. The number of hydrogen-bond donors (Lipinski definition) is 2. The van der Waals surface area contributed by atoms with E-state index in [1.54, 1.807) is 36.4 Å². The minimum absolute atomic E-state index is 0.00891. The van der Waals surface area contributed by atoms with Gasteiger partial charge < -0.3 is 0 Å². The first kappa shape index (κ1) is 23.9. The Morgan fingerprint density at radius 2 is 1.47 bits per heavy atom. The number of rotatable bonds is 4. The quantitative estimate of drug-likeness (QED) is 0.690. The van der Waals surface area contributed by atoms with Crippen LogP contribution < -0.4 is 10.9 Å². The monoisotopic (exact) mass is 457 g/mol. The van der Waals surface area contributed by atoms with Crippen molar-refractivity contribution in [2.24, 2.45) is 5.92 Å². The van der Waals surface area contributed by atoms with Gasteiger partial charge in [0.25, 0.3) is 5.91 Å². The van der Waals surface area contributed by atoms with Gasteiger partial charge >= 0.3 is 0 Å². The average molecular weight is 458 g/mol. The van der Waals surface area contributed by atoms with Gasteiger partial charge in [0.15, 0.2) is 0 Å². The predicted molar refractivity (Wildman–Crippen MR) is 123 cm³/mol. The Morgan fingerprint density at radius 3 is 2.00 bits per heavy atom. The summed E-state index contributed by atoms with van der Waals surface area (Å²) in [6, 6.07) is 14.0. The first-order valence-corrected chi connectivity index (χ1v) is 12.2. The van der Waals surface area contributed by atoms with E-state index in [0.717, 1.165) is 11.1 Å². The molecule has 1 saturated heterocycles. The first-order chi connectivity index (χ1) is 15.0. The maximum absolute atomic E-state index is 12.8. The zero-order chi connectivity index (χ0) is 23.5. The second-order valence-electron chi connectivity index (χ2n) is 9.26. The lowest BCUT2D eigenvalue weighted by molar-refractivity contribution is -0.126. The van der Waals surface area contributed by atoms with Crippen molar-refractivity contribution in [1.82, 2.24) is 15.2 Å². The lowest BCUT2D eigenvalue weighted by Crippen LogP contribution is -2.48. The number of aryl methyl sites for hydroxylation is 1. The number of piperidine rings is 1. The summed E-state index contributed by atoms with van der Waals surface area (Å²) < 4.78 is 27.0. The van der Waals surface area contributed by atoms with Crippen LogP contribution >= 0.6 is 0 Å². The second kappa shape index (κ2) is 9.42. The molecule has 7 nitrogen and oxygen atoms in total. The van der Waals surface area contributed by atoms with E-state index in [-0.39, 0.29) is 35.2 Å². The highest BCUT2D eigenvalue weighted by molar-refractivity contribution is 7.89. The number of nitrogens with one attached hydrogen (secondary N) is 2. The number of carbonyl (C=O) groups is 2. The molecule has 1 aliphatic heterocycles. The summed E-state index contributed by atoms with van der Waals surface area (Å²) in [5, 5.41) is 0. The summed E-state index contributed by atoms with van der Waals surface area (Å²) in [5.41, 5.74) is 7.49. The third-order valence-electron chi connectivity index (χ3n) is 5.80. The van der Waals surface area contributed by atoms with Crippen molar-refractivity contribution >= 4 is 21.8 Å². The number of sulfonamides is 1. The zero-order valence-corrected chi connectivity index (χ0v) is 19.8. The molecule has 0 aliphatic carbocycles. The third-order valence-corrected chi connectivity index (χ3v) is 7.71. The molecular weight excluding hydrogens is 426 g/mol. The van der Waals surface area contributed by atoms with Gasteiger partial charge in [-0.1, -0.05) is 50.6 Å². The van der Waals surface area contributed by atoms with Gasteiger partial charge in [0.05, 0.1) is 4.90 Å². The highest BCUT2D eigenvalue weighted by Gasteiger charge is 2.32. The Labute approximate surface area is 190 Å². The molecule has 2 aromatic rings. The second-order valence-corrected chi connectivity index (χ2v) is 11.2. The number of amides is 2. The Morgan fingerprint density at radius 1 is 0.906 bits per heavy atom. The molecule has 0 saturated carbocycles. The Bertz CT molecular complexity index is 1060. The van der Waals surface area contributed by atoms with Crippen molar-refractivity contribution in [2.45, 2.75) is 50.8 Å². The number of hydrogen-bond acceptors (Lipinski definition) is 4. The van der Waals surface area contributed by atoms with E-state index in [0.29, 0.717) is 18.4 Å². The van der Waals surface area contributed by atoms with Crippen LogP contribution in [0.25, 0.3) is 0 Å². The van der Waals surface area contributed by atoms with Gasteiger partial charge in [-0.05, 0) is 55.0 Å². The van der Waals surface area contributed by atoms with Gasteiger partial charge in [-0.2, -0.15) is 4.31 Å². The average Bonchev–Trinajstić information content (AvgIpc) is 2.77. The number of carbonyl (C=O) groups excluding carboxylic acids is 2. The maximum atomic E-state index is 12.8. The summed E-state index contributed by atoms with van der Waals surface area (Å²) in [6.45, 7) is 8.71. The Kier molecular flexibility index (Phi) is 7.05. The van der Waals surface area contributed by atoms with Crippen LogP contribution in [-0.4, -0.2) is 37.6 Å². The predicted octanol–water partition coefficient (Wildman–Crippen LogP) is 3.15. The van der Waals surface area contributed by atoms with Crippen LogP contribution in [0.3, 0.4) is 0 Å². The van der Waals surface area contributed by atoms with Gasteiger partial charge in [-0.15, -0.1) is 0 Å². The lowest BCUT2D eigenvalue weighted by atomic mass is 9.87. The molecule has 0 spiro atoms. The van der Waals surface area contributed by atoms with Crippen molar-refractivity contribution in [3.63, 3.8) is 0 Å². The summed E-state index contributed by atoms with van der Waals surface area (Å²) in [6.07, 6.45) is 0.792. The van der Waals surface area contributed by atoms with Crippen molar-refractivity contribution < 1.29 is 18.0 Å². The molecule has 0 atom stereocenters. The van der Waals surface area contributed by atoms with E-state index < -0.39 is 15.9 Å². The summed E-state index contributed by atoms with van der Waals surface area (Å²) in [5.74, 6) is -1.06. The van der Waals surface area contributed by atoms with E-state index in [2.05, 4.69) is 31.6 Å². The van der Waals surface area contributed by atoms with Gasteiger partial charge in [-0.25, -0.2) is 8.42 Å². The highest BCUT2D eigenvalue weighted by Crippen LogP contribution is 2.24. The van der Waals surface area contributed by atoms with Gasteiger partial charge in [-0.3, -0.25) is 20.4 Å². The highest BCUT2D eigenvalue weighted by atomic mass is 32.2. The molecule has 2 amide bonds. The van der Waals surface area contributed by atoms with Gasteiger partial charge in [0.1, 0.15) is 0 Å². The Balaban J connectivity index is 1.51. The maximum Gasteiger partial charge on any atom is 0.269 e. The van der Waals surface area contributed by atoms with Crippen LogP contribution in [0.5, 0.6) is 0 Å². The van der Waals surface area contributed by atoms with Crippen molar-refractivity contribution in [3.8, 4) is 0 Å². The topological polar surface area (TPSA) is 95.6 Å². The molecular formula is C24H31N3O4S. The molecule has 3 rings (SSSR count). The summed E-state index contributed by atoms with van der Waals surface area (Å²) >= 11 is 0. The summed E-state index contributed by atoms with van der Waals surface area (Å²) in [4.78, 5) is 25.1. The standard InChI is InChI=1S/C24H31N3O4S/c1-17-5-11-21(12-6-17)32(30,31)27-15-13-19(14-16-27)23(29)26-25-22(28)18-7-9-20(10-8-18)24(2,3)4/h5-12,19H,13-16H2,1-4H3,(H,25,28)(H,26,29). The zero-order valence-electron chi connectivity index (χ0n) is 19.0. The van der Waals surface area contributed by atoms with E-state index >= 15 is 0 Å². The fourth-order valence-corrected chi connectivity index (χ4v) is 5.10. The minimum Gasteiger partial charge on any atom is -0.273 e. The molecule has 1 heterocycles. The van der Waals surface area contributed by atoms with Crippen LogP contribution in [0, 0.1) is 12.8 Å².